The van der Waals surface area contributed by atoms with Gasteiger partial charge >= 0.3 is 0 Å². The first kappa shape index (κ1) is 21.6. The Kier molecular flexibility index (Phi) is 6.91. The highest BCUT2D eigenvalue weighted by Gasteiger charge is 2.30. The number of anilines is 1. The number of rotatable bonds is 8. The molecule has 1 saturated heterocycles. The number of aromatic nitrogens is 2. The zero-order chi connectivity index (χ0) is 21.7. The molecule has 0 spiro atoms. The summed E-state index contributed by atoms with van der Waals surface area (Å²) in [6.45, 7) is 2.95. The average Bonchev–Trinajstić information content (AvgIpc) is 2.70. The molecule has 1 fully saturated rings. The first-order chi connectivity index (χ1) is 14.4. The molecule has 1 atom stereocenters. The molecule has 4 N–H and O–H groups in total. The maximum atomic E-state index is 13.1. The summed E-state index contributed by atoms with van der Waals surface area (Å²) in [5.41, 5.74) is 5.74. The summed E-state index contributed by atoms with van der Waals surface area (Å²) in [6.07, 6.45) is 1.20. The number of hydrogen-bond donors (Lipinski definition) is 3. The smallest absolute Gasteiger partial charge is 0.262 e. The van der Waals surface area contributed by atoms with Crippen molar-refractivity contribution >= 4 is 34.3 Å². The lowest BCUT2D eigenvalue weighted by molar-refractivity contribution is -0.135. The number of nitrogens with zero attached hydrogens (tertiary/aromatic N) is 2. The molecular weight excluding hydrogens is 390 g/mol. The molecule has 3 rings (SSSR count). The minimum absolute atomic E-state index is 0.158. The predicted octanol–water partition coefficient (Wildman–Crippen LogP) is 0.377. The summed E-state index contributed by atoms with van der Waals surface area (Å²) in [5, 5.41) is 5.34. The molecule has 0 aliphatic carbocycles. The second-order valence-corrected chi connectivity index (χ2v) is 7.06. The number of carbonyl (C=O) groups excluding carboxylic acids is 3. The number of piperidine rings is 1. The Labute approximate surface area is 172 Å². The Balaban J connectivity index is 1.84. The van der Waals surface area contributed by atoms with Gasteiger partial charge in [-0.25, -0.2) is 4.98 Å². The fraction of sp³-hybridized carbons (Fsp3) is 0.450. The van der Waals surface area contributed by atoms with Gasteiger partial charge in [-0.15, -0.1) is 0 Å². The number of ether oxygens (including phenoxy) is 1. The third-order valence-corrected chi connectivity index (χ3v) is 4.86. The zero-order valence-corrected chi connectivity index (χ0v) is 16.8. The van der Waals surface area contributed by atoms with Crippen LogP contribution in [0.2, 0.25) is 0 Å². The lowest BCUT2D eigenvalue weighted by atomic mass is 10.1. The van der Waals surface area contributed by atoms with E-state index in [4.69, 9.17) is 10.5 Å². The molecule has 1 aromatic heterocycles. The molecule has 1 unspecified atom stereocenters. The lowest BCUT2D eigenvalue weighted by Gasteiger charge is -2.24. The minimum atomic E-state index is -0.793. The Morgan fingerprint density at radius 2 is 2.13 bits per heavy atom. The highest BCUT2D eigenvalue weighted by atomic mass is 16.5. The highest BCUT2D eigenvalue weighted by molar-refractivity contribution is 6.01. The quantitative estimate of drug-likeness (QED) is 0.417. The number of carbonyl (C=O) groups is 3. The van der Waals surface area contributed by atoms with Crippen molar-refractivity contribution in [1.82, 2.24) is 14.9 Å². The highest BCUT2D eigenvalue weighted by Crippen LogP contribution is 2.23. The summed E-state index contributed by atoms with van der Waals surface area (Å²) >= 11 is 0. The van der Waals surface area contributed by atoms with Crippen LogP contribution >= 0.6 is 0 Å². The van der Waals surface area contributed by atoms with E-state index in [1.165, 1.54) is 4.57 Å². The number of benzene rings is 1. The second-order valence-electron chi connectivity index (χ2n) is 7.06. The van der Waals surface area contributed by atoms with Crippen molar-refractivity contribution in [3.8, 4) is 0 Å². The topological polar surface area (TPSA) is 145 Å². The van der Waals surface area contributed by atoms with Gasteiger partial charge in [0.25, 0.3) is 5.56 Å². The number of para-hydroxylation sites is 1. The maximum absolute atomic E-state index is 13.1. The van der Waals surface area contributed by atoms with E-state index in [-0.39, 0.29) is 36.5 Å². The van der Waals surface area contributed by atoms with Crippen molar-refractivity contribution in [2.75, 3.05) is 25.1 Å². The van der Waals surface area contributed by atoms with Crippen LogP contribution in [0.1, 0.15) is 37.5 Å². The zero-order valence-electron chi connectivity index (χ0n) is 16.8. The number of aryl methyl sites for hydroxylation is 1. The number of amides is 3. The summed E-state index contributed by atoms with van der Waals surface area (Å²) in [4.78, 5) is 53.5. The molecule has 30 heavy (non-hydrogen) atoms. The van der Waals surface area contributed by atoms with Crippen LogP contribution in [0.15, 0.2) is 23.0 Å². The van der Waals surface area contributed by atoms with E-state index in [1.54, 1.807) is 25.1 Å². The van der Waals surface area contributed by atoms with Crippen LogP contribution in [-0.4, -0.2) is 47.0 Å². The predicted molar refractivity (Wildman–Crippen MR) is 110 cm³/mol. The Morgan fingerprint density at radius 1 is 1.33 bits per heavy atom. The van der Waals surface area contributed by atoms with Crippen molar-refractivity contribution in [3.05, 3.63) is 34.4 Å². The molecule has 1 aliphatic heterocycles. The minimum Gasteiger partial charge on any atom is -0.380 e. The van der Waals surface area contributed by atoms with Crippen LogP contribution in [0, 0.1) is 6.92 Å². The summed E-state index contributed by atoms with van der Waals surface area (Å²) in [5.74, 6) is -0.750. The number of nitrogens with one attached hydrogen (secondary N) is 2. The molecule has 1 aliphatic rings. The monoisotopic (exact) mass is 415 g/mol. The van der Waals surface area contributed by atoms with Gasteiger partial charge < -0.3 is 15.8 Å². The van der Waals surface area contributed by atoms with Gasteiger partial charge in [0.2, 0.25) is 17.7 Å². The van der Waals surface area contributed by atoms with Gasteiger partial charge in [0, 0.05) is 26.0 Å². The van der Waals surface area contributed by atoms with Gasteiger partial charge in [0.05, 0.1) is 17.7 Å². The Hall–Kier alpha value is -3.11. The summed E-state index contributed by atoms with van der Waals surface area (Å²) in [6, 6.07) is 4.13. The molecule has 0 saturated carbocycles. The first-order valence-electron chi connectivity index (χ1n) is 9.85. The molecule has 10 heteroatoms. The van der Waals surface area contributed by atoms with E-state index in [1.807, 2.05) is 0 Å². The van der Waals surface area contributed by atoms with Gasteiger partial charge in [0.1, 0.15) is 17.4 Å². The van der Waals surface area contributed by atoms with Crippen LogP contribution in [-0.2, 0) is 19.1 Å². The normalized spacial score (nSPS) is 16.5. The lowest BCUT2D eigenvalue weighted by Crippen LogP contribution is -2.45. The van der Waals surface area contributed by atoms with Gasteiger partial charge in [-0.2, -0.15) is 0 Å². The Morgan fingerprint density at radius 3 is 2.87 bits per heavy atom. The van der Waals surface area contributed by atoms with Crippen LogP contribution in [0.5, 0.6) is 0 Å². The van der Waals surface area contributed by atoms with Gasteiger partial charge in [0.15, 0.2) is 0 Å². The van der Waals surface area contributed by atoms with Crippen molar-refractivity contribution in [3.63, 3.8) is 0 Å². The molecule has 2 heterocycles. The van der Waals surface area contributed by atoms with Crippen LogP contribution in [0.4, 0.5) is 5.69 Å². The van der Waals surface area contributed by atoms with Gasteiger partial charge in [-0.05, 0) is 31.9 Å². The summed E-state index contributed by atoms with van der Waals surface area (Å²) in [7, 11) is 0. The second kappa shape index (κ2) is 9.59. The first-order valence-corrected chi connectivity index (χ1v) is 9.85. The standard InChI is InChI=1S/C20H25N5O5/c1-12-22-18-13(20(29)25(12)15-7-8-17(27)24-19(15)28)4-2-5-14(18)23-16(26)6-3-10-30-11-9-21/h2,4-5,15H,3,6-11,21H2,1H3,(H,23,26)(H,24,27,28). The molecule has 160 valence electrons. The fourth-order valence-corrected chi connectivity index (χ4v) is 3.46. The number of imide groups is 1. The average molecular weight is 415 g/mol. The third-order valence-electron chi connectivity index (χ3n) is 4.86. The third kappa shape index (κ3) is 4.71. The van der Waals surface area contributed by atoms with E-state index < -0.39 is 17.5 Å². The molecule has 2 aromatic rings. The number of hydrogen-bond acceptors (Lipinski definition) is 7. The van der Waals surface area contributed by atoms with Crippen molar-refractivity contribution in [1.29, 1.82) is 0 Å². The van der Waals surface area contributed by atoms with Crippen molar-refractivity contribution < 1.29 is 19.1 Å². The van der Waals surface area contributed by atoms with E-state index >= 15 is 0 Å². The molecule has 0 radical (unpaired) electrons. The fourth-order valence-electron chi connectivity index (χ4n) is 3.46. The maximum Gasteiger partial charge on any atom is 0.262 e. The van der Waals surface area contributed by atoms with Crippen LogP contribution < -0.4 is 21.9 Å². The molecular formula is C20H25N5O5. The molecule has 1 aromatic carbocycles. The SMILES string of the molecule is Cc1nc2c(NC(=O)CCCOCCN)cccc2c(=O)n1C1CCC(=O)NC1=O. The van der Waals surface area contributed by atoms with Crippen LogP contribution in [0.25, 0.3) is 10.9 Å². The molecule has 3 amide bonds. The molecule has 0 bridgehead atoms. The van der Waals surface area contributed by atoms with E-state index in [0.29, 0.717) is 43.2 Å². The summed E-state index contributed by atoms with van der Waals surface area (Å²) < 4.78 is 6.57. The van der Waals surface area contributed by atoms with Gasteiger partial charge in [-0.1, -0.05) is 6.07 Å². The van der Waals surface area contributed by atoms with Gasteiger partial charge in [-0.3, -0.25) is 29.1 Å². The van der Waals surface area contributed by atoms with E-state index in [9.17, 15) is 19.2 Å². The van der Waals surface area contributed by atoms with Crippen molar-refractivity contribution in [2.24, 2.45) is 5.73 Å². The number of fused-ring (bicyclic) bond motifs is 1. The largest absolute Gasteiger partial charge is 0.380 e. The van der Waals surface area contributed by atoms with E-state index in [0.717, 1.165) is 0 Å². The molecule has 10 nitrogen and oxygen atoms in total. The van der Waals surface area contributed by atoms with E-state index in [2.05, 4.69) is 15.6 Å². The van der Waals surface area contributed by atoms with Crippen LogP contribution in [0.3, 0.4) is 0 Å². The number of nitrogens with two attached hydrogens (primary N) is 1. The Bertz CT molecular complexity index is 1030. The van der Waals surface area contributed by atoms with Crippen molar-refractivity contribution in [2.45, 2.75) is 38.6 Å².